The lowest BCUT2D eigenvalue weighted by Gasteiger charge is -2.30. The van der Waals surface area contributed by atoms with Gasteiger partial charge in [0.15, 0.2) is 5.69 Å². The summed E-state index contributed by atoms with van der Waals surface area (Å²) in [6, 6.07) is 8.75. The fourth-order valence-corrected chi connectivity index (χ4v) is 4.48. The van der Waals surface area contributed by atoms with Crippen LogP contribution in [0.3, 0.4) is 0 Å². The van der Waals surface area contributed by atoms with Crippen molar-refractivity contribution in [3.63, 3.8) is 0 Å². The normalized spacial score (nSPS) is 19.2. The number of amides is 1. The highest BCUT2D eigenvalue weighted by Crippen LogP contribution is 2.30. The second-order valence-corrected chi connectivity index (χ2v) is 8.45. The number of hydrogen-bond acceptors (Lipinski definition) is 4. The molecule has 10 heteroatoms. The summed E-state index contributed by atoms with van der Waals surface area (Å²) < 4.78 is 42.4. The third kappa shape index (κ3) is 4.12. The molecule has 0 atom stereocenters. The first-order valence-electron chi connectivity index (χ1n) is 10.8. The van der Waals surface area contributed by atoms with Gasteiger partial charge in [0, 0.05) is 43.1 Å². The molecule has 0 aromatic carbocycles. The summed E-state index contributed by atoms with van der Waals surface area (Å²) in [4.78, 5) is 20.9. The zero-order chi connectivity index (χ0) is 23.2. The molecule has 0 radical (unpaired) electrons. The standard InChI is InChI=1S/C23H23F3N6O/c1-31-12-10-16-17(9-11-27-21(16)31)22(33)29-15-7-5-14(6-8-15)28-19-3-2-4-20-30-18(13-32(19)20)23(24,25)26/h2-4,9-15,28H,5-8H2,1H3,(H,29,33)/t14-,15+. The van der Waals surface area contributed by atoms with Crippen LogP contribution < -0.4 is 10.6 Å². The van der Waals surface area contributed by atoms with Gasteiger partial charge in [0.1, 0.15) is 17.1 Å². The number of imidazole rings is 1. The smallest absolute Gasteiger partial charge is 0.368 e. The minimum Gasteiger partial charge on any atom is -0.368 e. The number of aryl methyl sites for hydroxylation is 1. The molecule has 4 heterocycles. The molecule has 0 spiro atoms. The molecule has 2 N–H and O–H groups in total. The van der Waals surface area contributed by atoms with Crippen LogP contribution in [0.5, 0.6) is 0 Å². The van der Waals surface area contributed by atoms with Crippen molar-refractivity contribution in [2.24, 2.45) is 7.05 Å². The Morgan fingerprint density at radius 1 is 1.09 bits per heavy atom. The summed E-state index contributed by atoms with van der Waals surface area (Å²) in [5, 5.41) is 7.30. The van der Waals surface area contributed by atoms with Crippen LogP contribution in [0.2, 0.25) is 0 Å². The molecule has 4 aromatic heterocycles. The number of carbonyl (C=O) groups excluding carboxylic acids is 1. The molecule has 0 saturated heterocycles. The Morgan fingerprint density at radius 2 is 1.85 bits per heavy atom. The number of rotatable bonds is 4. The largest absolute Gasteiger partial charge is 0.434 e. The molecular formula is C23H23F3N6O. The highest BCUT2D eigenvalue weighted by Gasteiger charge is 2.34. The highest BCUT2D eigenvalue weighted by molar-refractivity contribution is 6.05. The van der Waals surface area contributed by atoms with E-state index >= 15 is 0 Å². The minimum atomic E-state index is -4.49. The van der Waals surface area contributed by atoms with Gasteiger partial charge in [-0.3, -0.25) is 9.20 Å². The van der Waals surface area contributed by atoms with Crippen LogP contribution in [0.25, 0.3) is 16.7 Å². The summed E-state index contributed by atoms with van der Waals surface area (Å²) in [6.45, 7) is 0. The van der Waals surface area contributed by atoms with E-state index in [4.69, 9.17) is 0 Å². The number of aromatic nitrogens is 4. The van der Waals surface area contributed by atoms with E-state index in [2.05, 4.69) is 20.6 Å². The van der Waals surface area contributed by atoms with Crippen molar-refractivity contribution in [2.75, 3.05) is 5.32 Å². The predicted molar refractivity (Wildman–Crippen MR) is 118 cm³/mol. The van der Waals surface area contributed by atoms with Crippen LogP contribution in [-0.2, 0) is 13.2 Å². The number of nitrogens with zero attached hydrogens (tertiary/aromatic N) is 4. The molecule has 1 saturated carbocycles. The van der Waals surface area contributed by atoms with Crippen molar-refractivity contribution in [1.29, 1.82) is 0 Å². The number of hydrogen-bond donors (Lipinski definition) is 2. The summed E-state index contributed by atoms with van der Waals surface area (Å²) in [5.41, 5.74) is 0.704. The third-order valence-electron chi connectivity index (χ3n) is 6.21. The van der Waals surface area contributed by atoms with E-state index < -0.39 is 11.9 Å². The van der Waals surface area contributed by atoms with Crippen molar-refractivity contribution in [1.82, 2.24) is 24.3 Å². The summed E-state index contributed by atoms with van der Waals surface area (Å²) in [5.74, 6) is 0.458. The molecule has 5 rings (SSSR count). The lowest BCUT2D eigenvalue weighted by molar-refractivity contribution is -0.140. The Labute approximate surface area is 187 Å². The van der Waals surface area contributed by atoms with Gasteiger partial charge >= 0.3 is 6.18 Å². The van der Waals surface area contributed by atoms with E-state index in [1.165, 1.54) is 4.40 Å². The number of alkyl halides is 3. The Hall–Kier alpha value is -3.56. The molecule has 1 amide bonds. The number of pyridine rings is 2. The van der Waals surface area contributed by atoms with Gasteiger partial charge in [0.25, 0.3) is 5.91 Å². The zero-order valence-corrected chi connectivity index (χ0v) is 17.9. The van der Waals surface area contributed by atoms with E-state index in [1.807, 2.05) is 23.9 Å². The monoisotopic (exact) mass is 456 g/mol. The van der Waals surface area contributed by atoms with E-state index in [-0.39, 0.29) is 23.6 Å². The Kier molecular flexibility index (Phi) is 5.22. The molecule has 33 heavy (non-hydrogen) atoms. The first kappa shape index (κ1) is 21.3. The number of halogens is 3. The van der Waals surface area contributed by atoms with E-state index in [0.29, 0.717) is 11.4 Å². The zero-order valence-electron chi connectivity index (χ0n) is 17.9. The lowest BCUT2D eigenvalue weighted by atomic mass is 9.91. The molecule has 1 aliphatic rings. The van der Waals surface area contributed by atoms with Gasteiger partial charge in [-0.15, -0.1) is 0 Å². The van der Waals surface area contributed by atoms with Gasteiger partial charge in [0.2, 0.25) is 0 Å². The van der Waals surface area contributed by atoms with Crippen LogP contribution in [0.1, 0.15) is 41.7 Å². The molecule has 0 aliphatic heterocycles. The topological polar surface area (TPSA) is 76.2 Å². The molecule has 1 aliphatic carbocycles. The number of nitrogens with one attached hydrogen (secondary N) is 2. The number of fused-ring (bicyclic) bond motifs is 2. The second kappa shape index (κ2) is 8.09. The van der Waals surface area contributed by atoms with Gasteiger partial charge in [-0.2, -0.15) is 13.2 Å². The van der Waals surface area contributed by atoms with Gasteiger partial charge < -0.3 is 15.2 Å². The fourth-order valence-electron chi connectivity index (χ4n) is 4.48. The van der Waals surface area contributed by atoms with Gasteiger partial charge in [-0.1, -0.05) is 6.07 Å². The molecule has 4 aromatic rings. The Morgan fingerprint density at radius 3 is 2.61 bits per heavy atom. The summed E-state index contributed by atoms with van der Waals surface area (Å²) in [7, 11) is 1.89. The summed E-state index contributed by atoms with van der Waals surface area (Å²) in [6.07, 6.45) is 3.18. The first-order chi connectivity index (χ1) is 15.8. The molecule has 172 valence electrons. The lowest BCUT2D eigenvalue weighted by Crippen LogP contribution is -2.40. The van der Waals surface area contributed by atoms with Crippen LogP contribution in [-0.4, -0.2) is 36.9 Å². The minimum absolute atomic E-state index is 0.0448. The van der Waals surface area contributed by atoms with Crippen molar-refractivity contribution < 1.29 is 18.0 Å². The third-order valence-corrected chi connectivity index (χ3v) is 6.21. The van der Waals surface area contributed by atoms with Crippen molar-refractivity contribution in [3.05, 3.63) is 60.2 Å². The molecule has 0 bridgehead atoms. The molecule has 7 nitrogen and oxygen atoms in total. The van der Waals surface area contributed by atoms with Crippen LogP contribution in [0.4, 0.5) is 19.0 Å². The predicted octanol–water partition coefficient (Wildman–Crippen LogP) is 4.39. The second-order valence-electron chi connectivity index (χ2n) is 8.45. The maximum Gasteiger partial charge on any atom is 0.434 e. The van der Waals surface area contributed by atoms with Crippen molar-refractivity contribution >= 4 is 28.4 Å². The Bertz CT molecular complexity index is 1320. The van der Waals surface area contributed by atoms with Gasteiger partial charge in [0.05, 0.1) is 5.56 Å². The maximum absolute atomic E-state index is 13.0. The maximum atomic E-state index is 13.0. The fraction of sp³-hybridized carbons (Fsp3) is 0.348. The van der Waals surface area contributed by atoms with Crippen molar-refractivity contribution in [3.8, 4) is 0 Å². The molecular weight excluding hydrogens is 433 g/mol. The van der Waals surface area contributed by atoms with Crippen LogP contribution in [0, 0.1) is 0 Å². The number of anilines is 1. The van der Waals surface area contributed by atoms with Gasteiger partial charge in [-0.05, 0) is 49.9 Å². The molecule has 1 fully saturated rings. The van der Waals surface area contributed by atoms with E-state index in [0.717, 1.165) is 42.9 Å². The number of carbonyl (C=O) groups is 1. The highest BCUT2D eigenvalue weighted by atomic mass is 19.4. The quantitative estimate of drug-likeness (QED) is 0.478. The summed E-state index contributed by atoms with van der Waals surface area (Å²) >= 11 is 0. The SMILES string of the molecule is Cn1ccc2c(C(=O)N[C@H]3CC[C@@H](Nc4cccc5nc(C(F)(F)F)cn45)CC3)ccnc21. The van der Waals surface area contributed by atoms with Crippen LogP contribution >= 0.6 is 0 Å². The average Bonchev–Trinajstić information content (AvgIpc) is 3.40. The Balaban J connectivity index is 1.23. The first-order valence-corrected chi connectivity index (χ1v) is 10.8. The van der Waals surface area contributed by atoms with Crippen LogP contribution in [0.15, 0.2) is 48.9 Å². The van der Waals surface area contributed by atoms with E-state index in [1.54, 1.807) is 30.5 Å². The average molecular weight is 456 g/mol. The molecule has 0 unspecified atom stereocenters. The van der Waals surface area contributed by atoms with Gasteiger partial charge in [-0.25, -0.2) is 9.97 Å². The van der Waals surface area contributed by atoms with Crippen molar-refractivity contribution in [2.45, 2.75) is 43.9 Å². The van der Waals surface area contributed by atoms with E-state index in [9.17, 15) is 18.0 Å².